The van der Waals surface area contributed by atoms with Gasteiger partial charge in [-0.05, 0) is 36.3 Å². The lowest BCUT2D eigenvalue weighted by atomic mass is 9.87. The number of halogens is 3. The van der Waals surface area contributed by atoms with Gasteiger partial charge in [0.25, 0.3) is 5.69 Å². The second-order valence-electron chi connectivity index (χ2n) is 6.73. The first-order valence-electron chi connectivity index (χ1n) is 8.24. The lowest BCUT2D eigenvalue weighted by molar-refractivity contribution is -0.388. The Morgan fingerprint density at radius 2 is 2.07 bits per heavy atom. The van der Waals surface area contributed by atoms with E-state index < -0.39 is 34.2 Å². The SMILES string of the molecule is C=CC1CC(C)C(C(=O)N(C#N)c2ccc([N+](=O)[O-])c(C(F)(F)F)c2)C1C. The highest BCUT2D eigenvalue weighted by atomic mass is 19.4. The van der Waals surface area contributed by atoms with Crippen LogP contribution < -0.4 is 4.90 Å². The molecule has 0 radical (unpaired) electrons. The average Bonchev–Trinajstić information content (AvgIpc) is 2.88. The highest BCUT2D eigenvalue weighted by molar-refractivity contribution is 5.98. The van der Waals surface area contributed by atoms with Crippen molar-refractivity contribution in [1.29, 1.82) is 5.26 Å². The van der Waals surface area contributed by atoms with Crippen molar-refractivity contribution in [2.75, 3.05) is 4.90 Å². The van der Waals surface area contributed by atoms with Crippen LogP contribution in [-0.4, -0.2) is 10.8 Å². The highest BCUT2D eigenvalue weighted by Gasteiger charge is 2.44. The van der Waals surface area contributed by atoms with E-state index in [0.717, 1.165) is 6.07 Å². The van der Waals surface area contributed by atoms with Crippen molar-refractivity contribution in [3.63, 3.8) is 0 Å². The van der Waals surface area contributed by atoms with Crippen LogP contribution in [0.1, 0.15) is 25.8 Å². The number of anilines is 1. The van der Waals surface area contributed by atoms with Crippen LogP contribution in [0.3, 0.4) is 0 Å². The Bertz CT molecular complexity index is 816. The minimum atomic E-state index is -5.00. The summed E-state index contributed by atoms with van der Waals surface area (Å²) in [6.07, 6.45) is -0.955. The zero-order valence-electron chi connectivity index (χ0n) is 14.7. The Morgan fingerprint density at radius 3 is 2.52 bits per heavy atom. The summed E-state index contributed by atoms with van der Waals surface area (Å²) in [6.45, 7) is 7.41. The second kappa shape index (κ2) is 7.39. The molecule has 2 rings (SSSR count). The summed E-state index contributed by atoms with van der Waals surface area (Å²) in [5, 5.41) is 20.3. The predicted molar refractivity (Wildman–Crippen MR) is 91.3 cm³/mol. The van der Waals surface area contributed by atoms with Gasteiger partial charge in [-0.1, -0.05) is 19.9 Å². The number of benzene rings is 1. The first kappa shape index (κ1) is 20.4. The lowest BCUT2D eigenvalue weighted by Gasteiger charge is -2.25. The van der Waals surface area contributed by atoms with Gasteiger partial charge < -0.3 is 0 Å². The zero-order chi connectivity index (χ0) is 20.5. The van der Waals surface area contributed by atoms with E-state index in [1.807, 2.05) is 13.8 Å². The molecule has 0 saturated heterocycles. The first-order valence-corrected chi connectivity index (χ1v) is 8.24. The molecular formula is C18H18F3N3O3. The van der Waals surface area contributed by atoms with Crippen molar-refractivity contribution in [3.8, 4) is 6.19 Å². The number of alkyl halides is 3. The minimum Gasteiger partial charge on any atom is -0.273 e. The Hall–Kier alpha value is -2.89. The fourth-order valence-electron chi connectivity index (χ4n) is 3.79. The molecule has 0 spiro atoms. The molecule has 144 valence electrons. The fourth-order valence-corrected chi connectivity index (χ4v) is 3.79. The van der Waals surface area contributed by atoms with E-state index in [9.17, 15) is 33.3 Å². The molecule has 4 atom stereocenters. The van der Waals surface area contributed by atoms with Gasteiger partial charge in [0.05, 0.1) is 10.6 Å². The molecule has 1 aliphatic rings. The van der Waals surface area contributed by atoms with Crippen LogP contribution in [-0.2, 0) is 11.0 Å². The largest absolute Gasteiger partial charge is 0.423 e. The molecule has 0 aromatic heterocycles. The van der Waals surface area contributed by atoms with E-state index in [1.165, 1.54) is 0 Å². The summed E-state index contributed by atoms with van der Waals surface area (Å²) in [5.74, 6) is -1.31. The van der Waals surface area contributed by atoms with E-state index in [0.29, 0.717) is 23.5 Å². The van der Waals surface area contributed by atoms with Crippen LogP contribution in [0.25, 0.3) is 0 Å². The van der Waals surface area contributed by atoms with Gasteiger partial charge in [0, 0.05) is 12.0 Å². The van der Waals surface area contributed by atoms with Gasteiger partial charge in [0.15, 0.2) is 6.19 Å². The van der Waals surface area contributed by atoms with Crippen molar-refractivity contribution in [2.24, 2.45) is 23.7 Å². The Balaban J connectivity index is 2.46. The normalized spacial score (nSPS) is 24.9. The smallest absolute Gasteiger partial charge is 0.273 e. The van der Waals surface area contributed by atoms with Gasteiger partial charge in [-0.25, -0.2) is 4.90 Å². The molecule has 0 heterocycles. The van der Waals surface area contributed by atoms with Crippen molar-refractivity contribution in [1.82, 2.24) is 0 Å². The molecule has 1 aromatic carbocycles. The molecule has 1 amide bonds. The Morgan fingerprint density at radius 1 is 1.44 bits per heavy atom. The Labute approximate surface area is 154 Å². The van der Waals surface area contributed by atoms with Crippen LogP contribution in [0, 0.1) is 45.2 Å². The standard InChI is InChI=1S/C18H18F3N3O3/c1-4-12-7-10(2)16(11(12)3)17(25)23(9-22)13-5-6-15(24(26)27)14(8-13)18(19,20)21/h4-6,8,10-12,16H,1,7H2,2-3H3. The summed E-state index contributed by atoms with van der Waals surface area (Å²) in [5.41, 5.74) is -2.98. The minimum absolute atomic E-state index is 0.0667. The van der Waals surface area contributed by atoms with Gasteiger partial charge in [-0.2, -0.15) is 18.4 Å². The summed E-state index contributed by atoms with van der Waals surface area (Å²) >= 11 is 0. The number of nitrogens with zero attached hydrogens (tertiary/aromatic N) is 3. The van der Waals surface area contributed by atoms with Crippen LogP contribution in [0.4, 0.5) is 24.5 Å². The number of hydrogen-bond acceptors (Lipinski definition) is 4. The second-order valence-corrected chi connectivity index (χ2v) is 6.73. The number of nitro groups is 1. The van der Waals surface area contributed by atoms with E-state index in [4.69, 9.17) is 0 Å². The molecule has 0 bridgehead atoms. The van der Waals surface area contributed by atoms with E-state index >= 15 is 0 Å². The maximum Gasteiger partial charge on any atom is 0.423 e. The van der Waals surface area contributed by atoms with Crippen LogP contribution in [0.15, 0.2) is 30.9 Å². The molecule has 0 aliphatic heterocycles. The monoisotopic (exact) mass is 381 g/mol. The summed E-state index contributed by atoms with van der Waals surface area (Å²) in [6, 6.07) is 2.10. The van der Waals surface area contributed by atoms with Crippen LogP contribution >= 0.6 is 0 Å². The maximum absolute atomic E-state index is 13.2. The quantitative estimate of drug-likeness (QED) is 0.252. The number of nitriles is 1. The van der Waals surface area contributed by atoms with E-state index in [2.05, 4.69) is 6.58 Å². The van der Waals surface area contributed by atoms with Gasteiger partial charge in [0.1, 0.15) is 5.56 Å². The van der Waals surface area contributed by atoms with Crippen molar-refractivity contribution < 1.29 is 22.9 Å². The molecule has 1 aliphatic carbocycles. The van der Waals surface area contributed by atoms with Crippen molar-refractivity contribution in [3.05, 3.63) is 46.5 Å². The van der Waals surface area contributed by atoms with Crippen LogP contribution in [0.5, 0.6) is 0 Å². The molecule has 1 aromatic rings. The summed E-state index contributed by atoms with van der Waals surface area (Å²) in [7, 11) is 0. The number of hydrogen-bond donors (Lipinski definition) is 0. The molecular weight excluding hydrogens is 363 g/mol. The van der Waals surface area contributed by atoms with E-state index in [-0.39, 0.29) is 23.4 Å². The molecule has 1 saturated carbocycles. The number of carbonyl (C=O) groups is 1. The van der Waals surface area contributed by atoms with Gasteiger partial charge in [-0.3, -0.25) is 14.9 Å². The fraction of sp³-hybridized carbons (Fsp3) is 0.444. The maximum atomic E-state index is 13.2. The number of carbonyl (C=O) groups excluding carboxylic acids is 1. The average molecular weight is 381 g/mol. The predicted octanol–water partition coefficient (Wildman–Crippen LogP) is 4.52. The molecule has 9 heteroatoms. The van der Waals surface area contributed by atoms with Crippen LogP contribution in [0.2, 0.25) is 0 Å². The van der Waals surface area contributed by atoms with Gasteiger partial charge in [-0.15, -0.1) is 6.58 Å². The lowest BCUT2D eigenvalue weighted by Crippen LogP contribution is -2.36. The Kier molecular flexibility index (Phi) is 5.59. The topological polar surface area (TPSA) is 87.2 Å². The zero-order valence-corrected chi connectivity index (χ0v) is 14.7. The molecule has 4 unspecified atom stereocenters. The number of nitro benzene ring substituents is 1. The summed E-state index contributed by atoms with van der Waals surface area (Å²) < 4.78 is 39.5. The third-order valence-electron chi connectivity index (χ3n) is 5.15. The third-order valence-corrected chi connectivity index (χ3v) is 5.15. The number of allylic oxidation sites excluding steroid dienone is 1. The molecule has 27 heavy (non-hydrogen) atoms. The number of rotatable bonds is 4. The third kappa shape index (κ3) is 3.79. The van der Waals surface area contributed by atoms with Crippen molar-refractivity contribution in [2.45, 2.75) is 26.4 Å². The van der Waals surface area contributed by atoms with Gasteiger partial charge >= 0.3 is 6.18 Å². The molecule has 1 fully saturated rings. The van der Waals surface area contributed by atoms with Gasteiger partial charge in [0.2, 0.25) is 5.91 Å². The first-order chi connectivity index (χ1) is 12.5. The van der Waals surface area contributed by atoms with E-state index in [1.54, 1.807) is 12.3 Å². The highest BCUT2D eigenvalue weighted by Crippen LogP contribution is 2.44. The van der Waals surface area contributed by atoms with Crippen molar-refractivity contribution >= 4 is 17.3 Å². The summed E-state index contributed by atoms with van der Waals surface area (Å²) in [4.78, 5) is 23.2. The number of amides is 1. The molecule has 6 nitrogen and oxygen atoms in total. The molecule has 0 N–H and O–H groups in total.